The number of carbonyl (C=O) groups excluding carboxylic acids is 4. The van der Waals surface area contributed by atoms with Crippen LogP contribution in [-0.4, -0.2) is 34.6 Å². The monoisotopic (exact) mass is 453 g/mol. The molecule has 0 saturated carbocycles. The average Bonchev–Trinajstić information content (AvgIpc) is 3.18. The van der Waals surface area contributed by atoms with Crippen molar-refractivity contribution in [3.63, 3.8) is 0 Å². The van der Waals surface area contributed by atoms with E-state index in [1.807, 2.05) is 54.6 Å². The van der Waals surface area contributed by atoms with Gasteiger partial charge in [0.2, 0.25) is 11.8 Å². The Kier molecular flexibility index (Phi) is 5.67. The lowest BCUT2D eigenvalue weighted by Crippen LogP contribution is -2.52. The molecule has 1 atom stereocenters. The quantitative estimate of drug-likeness (QED) is 0.581. The lowest BCUT2D eigenvalue weighted by molar-refractivity contribution is -0.136. The number of nitrogens with one attached hydrogen (secondary N) is 2. The van der Waals surface area contributed by atoms with Crippen molar-refractivity contribution in [2.24, 2.45) is 0 Å². The van der Waals surface area contributed by atoms with E-state index in [-0.39, 0.29) is 24.1 Å². The number of hydrogen-bond donors (Lipinski definition) is 2. The summed E-state index contributed by atoms with van der Waals surface area (Å²) >= 11 is 0. The van der Waals surface area contributed by atoms with Crippen LogP contribution in [0.1, 0.15) is 44.7 Å². The van der Waals surface area contributed by atoms with E-state index in [2.05, 4.69) is 10.6 Å². The highest BCUT2D eigenvalue weighted by atomic mass is 16.2. The molecule has 1 fully saturated rings. The van der Waals surface area contributed by atoms with Gasteiger partial charge in [0.05, 0.1) is 0 Å². The fourth-order valence-electron chi connectivity index (χ4n) is 4.47. The Balaban J connectivity index is 1.22. The maximum Gasteiger partial charge on any atom is 0.255 e. The summed E-state index contributed by atoms with van der Waals surface area (Å²) in [6.07, 6.45) is 0.552. The molecule has 34 heavy (non-hydrogen) atoms. The molecule has 2 N–H and O–H groups in total. The lowest BCUT2D eigenvalue weighted by atomic mass is 10.0. The number of piperidine rings is 1. The minimum Gasteiger partial charge on any atom is -0.348 e. The molecule has 3 aromatic rings. The first kappa shape index (κ1) is 21.6. The lowest BCUT2D eigenvalue weighted by Gasteiger charge is -2.29. The molecule has 1 saturated heterocycles. The molecule has 4 amide bonds. The molecule has 0 spiro atoms. The molecule has 2 aliphatic heterocycles. The molecular formula is C27H23N3O4. The van der Waals surface area contributed by atoms with E-state index in [9.17, 15) is 19.2 Å². The fraction of sp³-hybridized carbons (Fsp3) is 0.185. The summed E-state index contributed by atoms with van der Waals surface area (Å²) in [5, 5.41) is 5.23. The van der Waals surface area contributed by atoms with Gasteiger partial charge >= 0.3 is 0 Å². The second kappa shape index (κ2) is 8.94. The smallest absolute Gasteiger partial charge is 0.255 e. The molecule has 5 rings (SSSR count). The Morgan fingerprint density at radius 1 is 0.941 bits per heavy atom. The molecule has 7 nitrogen and oxygen atoms in total. The number of fused-ring (bicyclic) bond motifs is 1. The van der Waals surface area contributed by atoms with Gasteiger partial charge in [0, 0.05) is 30.6 Å². The van der Waals surface area contributed by atoms with Gasteiger partial charge in [0.25, 0.3) is 11.8 Å². The highest BCUT2D eigenvalue weighted by Crippen LogP contribution is 2.28. The second-order valence-electron chi connectivity index (χ2n) is 8.52. The number of rotatable bonds is 5. The minimum atomic E-state index is -0.639. The molecule has 170 valence electrons. The van der Waals surface area contributed by atoms with Gasteiger partial charge in [-0.3, -0.25) is 24.5 Å². The summed E-state index contributed by atoms with van der Waals surface area (Å²) in [6.45, 7) is 0.627. The summed E-state index contributed by atoms with van der Waals surface area (Å²) in [6, 6.07) is 22.2. The Bertz CT molecular complexity index is 1280. The highest BCUT2D eigenvalue weighted by Gasteiger charge is 2.39. The molecule has 0 bridgehead atoms. The molecule has 0 aliphatic carbocycles. The molecule has 3 aromatic carbocycles. The van der Waals surface area contributed by atoms with Crippen molar-refractivity contribution in [3.05, 3.63) is 95.1 Å². The number of nitrogens with zero attached hydrogens (tertiary/aromatic N) is 1. The first-order valence-electron chi connectivity index (χ1n) is 11.2. The van der Waals surface area contributed by atoms with Crippen LogP contribution in [0.2, 0.25) is 0 Å². The van der Waals surface area contributed by atoms with Crippen LogP contribution in [0.15, 0.2) is 72.8 Å². The van der Waals surface area contributed by atoms with Gasteiger partial charge in [0.15, 0.2) is 0 Å². The van der Waals surface area contributed by atoms with Crippen LogP contribution in [-0.2, 0) is 22.7 Å². The van der Waals surface area contributed by atoms with Gasteiger partial charge in [-0.25, -0.2) is 0 Å². The largest absolute Gasteiger partial charge is 0.348 e. The third-order valence-electron chi connectivity index (χ3n) is 6.30. The van der Waals surface area contributed by atoms with E-state index >= 15 is 0 Å². The third kappa shape index (κ3) is 4.20. The van der Waals surface area contributed by atoms with Crippen LogP contribution >= 0.6 is 0 Å². The van der Waals surface area contributed by atoms with E-state index < -0.39 is 11.9 Å². The molecule has 2 heterocycles. The van der Waals surface area contributed by atoms with Crippen LogP contribution in [0.3, 0.4) is 0 Å². The van der Waals surface area contributed by atoms with Gasteiger partial charge in [-0.2, -0.15) is 0 Å². The predicted octanol–water partition coefficient (Wildman–Crippen LogP) is 3.04. The van der Waals surface area contributed by atoms with E-state index in [1.54, 1.807) is 18.2 Å². The topological polar surface area (TPSA) is 95.6 Å². The average molecular weight is 453 g/mol. The SMILES string of the molecule is O=C1CCC(N2Cc3cc(CNC(=O)c4ccc(-c5ccccc5)cc4)ccc3C2=O)C(=O)N1. The second-order valence-corrected chi connectivity index (χ2v) is 8.52. The van der Waals surface area contributed by atoms with Crippen LogP contribution < -0.4 is 10.6 Å². The van der Waals surface area contributed by atoms with Crippen molar-refractivity contribution < 1.29 is 19.2 Å². The zero-order chi connectivity index (χ0) is 23.7. The van der Waals surface area contributed by atoms with Crippen molar-refractivity contribution >= 4 is 23.6 Å². The molecule has 1 unspecified atom stereocenters. The van der Waals surface area contributed by atoms with Crippen molar-refractivity contribution in [1.29, 1.82) is 0 Å². The van der Waals surface area contributed by atoms with E-state index in [0.29, 0.717) is 30.6 Å². The summed E-state index contributed by atoms with van der Waals surface area (Å²) in [4.78, 5) is 50.6. The third-order valence-corrected chi connectivity index (χ3v) is 6.30. The maximum atomic E-state index is 12.8. The highest BCUT2D eigenvalue weighted by molar-refractivity contribution is 6.05. The Morgan fingerprint density at radius 3 is 2.41 bits per heavy atom. The molecular weight excluding hydrogens is 430 g/mol. The van der Waals surface area contributed by atoms with Gasteiger partial charge in [-0.1, -0.05) is 54.6 Å². The summed E-state index contributed by atoms with van der Waals surface area (Å²) in [5.74, 6) is -1.12. The number of benzene rings is 3. The van der Waals surface area contributed by atoms with Crippen LogP contribution in [0.4, 0.5) is 0 Å². The van der Waals surface area contributed by atoms with E-state index in [0.717, 1.165) is 22.3 Å². The predicted molar refractivity (Wildman–Crippen MR) is 126 cm³/mol. The fourth-order valence-corrected chi connectivity index (χ4v) is 4.47. The summed E-state index contributed by atoms with van der Waals surface area (Å²) in [5.41, 5.74) is 4.94. The first-order chi connectivity index (χ1) is 16.5. The van der Waals surface area contributed by atoms with E-state index in [1.165, 1.54) is 4.90 Å². The number of carbonyl (C=O) groups is 4. The van der Waals surface area contributed by atoms with Crippen LogP contribution in [0.5, 0.6) is 0 Å². The van der Waals surface area contributed by atoms with Gasteiger partial charge in [0.1, 0.15) is 6.04 Å². The molecule has 0 aromatic heterocycles. The minimum absolute atomic E-state index is 0.179. The number of imide groups is 1. The standard InChI is InChI=1S/C27H23N3O4/c31-24-13-12-23(26(33)29-24)30-16-21-14-17(6-11-22(21)27(30)34)15-28-25(32)20-9-7-19(8-10-20)18-4-2-1-3-5-18/h1-11,14,23H,12-13,15-16H2,(H,28,32)(H,29,31,33). The first-order valence-corrected chi connectivity index (χ1v) is 11.2. The van der Waals surface area contributed by atoms with Crippen molar-refractivity contribution in [2.75, 3.05) is 0 Å². The van der Waals surface area contributed by atoms with Crippen molar-refractivity contribution in [2.45, 2.75) is 32.0 Å². The Hall–Kier alpha value is -4.26. The Morgan fingerprint density at radius 2 is 1.68 bits per heavy atom. The maximum absolute atomic E-state index is 12.8. The molecule has 2 aliphatic rings. The van der Waals surface area contributed by atoms with Crippen molar-refractivity contribution in [3.8, 4) is 11.1 Å². The van der Waals surface area contributed by atoms with Gasteiger partial charge in [-0.15, -0.1) is 0 Å². The van der Waals surface area contributed by atoms with Gasteiger partial charge < -0.3 is 10.2 Å². The zero-order valence-electron chi connectivity index (χ0n) is 18.4. The van der Waals surface area contributed by atoms with Crippen molar-refractivity contribution in [1.82, 2.24) is 15.5 Å². The summed E-state index contributed by atoms with van der Waals surface area (Å²) < 4.78 is 0. The number of hydrogen-bond acceptors (Lipinski definition) is 4. The number of amides is 4. The van der Waals surface area contributed by atoms with Crippen LogP contribution in [0.25, 0.3) is 11.1 Å². The normalized spacial score (nSPS) is 17.4. The summed E-state index contributed by atoms with van der Waals surface area (Å²) in [7, 11) is 0. The zero-order valence-corrected chi connectivity index (χ0v) is 18.4. The van der Waals surface area contributed by atoms with Crippen LogP contribution in [0, 0.1) is 0 Å². The molecule has 0 radical (unpaired) electrons. The molecule has 7 heteroatoms. The Labute approximate surface area is 196 Å². The van der Waals surface area contributed by atoms with E-state index in [4.69, 9.17) is 0 Å². The van der Waals surface area contributed by atoms with Gasteiger partial charge in [-0.05, 0) is 46.9 Å².